The second kappa shape index (κ2) is 5.94. The molecular weight excluding hydrogens is 335 g/mol. The molecule has 2 N–H and O–H groups in total. The summed E-state index contributed by atoms with van der Waals surface area (Å²) in [5.41, 5.74) is 5.54. The van der Waals surface area contributed by atoms with Crippen LogP contribution in [0.2, 0.25) is 0 Å². The van der Waals surface area contributed by atoms with Gasteiger partial charge in [0.2, 0.25) is 0 Å². The Bertz CT molecular complexity index is 526. The number of carbonyl (C=O) groups is 1. The fraction of sp³-hybridized carbons (Fsp3) is 0.333. The number of amides is 1. The molecule has 1 aliphatic heterocycles. The zero-order chi connectivity index (χ0) is 14.0. The molecule has 1 aliphatic rings. The topological polar surface area (TPSA) is 55.6 Å². The summed E-state index contributed by atoms with van der Waals surface area (Å²) in [6.45, 7) is 0.980. The van der Waals surface area contributed by atoms with Gasteiger partial charge in [-0.05, 0) is 28.1 Å². The van der Waals surface area contributed by atoms with Gasteiger partial charge in [0.15, 0.2) is 0 Å². The molecule has 0 bridgehead atoms. The summed E-state index contributed by atoms with van der Waals surface area (Å²) >= 11 is 7.91. The molecule has 2 rings (SSSR count). The Morgan fingerprint density at radius 3 is 3.00 bits per heavy atom. The lowest BCUT2D eigenvalue weighted by Gasteiger charge is -2.32. The molecule has 4 nitrogen and oxygen atoms in total. The number of nitrogens with two attached hydrogens (primary N) is 1. The number of thiocarbonyl (C=S) groups is 1. The standard InChI is InChI=1S/C12H12BrFN2O2S/c13-8-3-1-2-7(10(8)14)12(17)16-4-5-18-9(6-16)11(15)19/h1-3,9H,4-6H2,(H2,15,19). The van der Waals surface area contributed by atoms with Gasteiger partial charge < -0.3 is 15.4 Å². The van der Waals surface area contributed by atoms with Crippen molar-refractivity contribution < 1.29 is 13.9 Å². The minimum Gasteiger partial charge on any atom is -0.391 e. The van der Waals surface area contributed by atoms with Gasteiger partial charge in [0, 0.05) is 6.54 Å². The van der Waals surface area contributed by atoms with Crippen LogP contribution in [0, 0.1) is 5.82 Å². The predicted octanol–water partition coefficient (Wildman–Crippen LogP) is 1.72. The van der Waals surface area contributed by atoms with E-state index in [1.165, 1.54) is 11.0 Å². The van der Waals surface area contributed by atoms with Crippen LogP contribution >= 0.6 is 28.1 Å². The Morgan fingerprint density at radius 1 is 1.58 bits per heavy atom. The Labute approximate surface area is 123 Å². The van der Waals surface area contributed by atoms with Crippen LogP contribution < -0.4 is 5.73 Å². The molecule has 7 heteroatoms. The summed E-state index contributed by atoms with van der Waals surface area (Å²) in [6.07, 6.45) is -0.470. The van der Waals surface area contributed by atoms with E-state index >= 15 is 0 Å². The molecule has 102 valence electrons. The van der Waals surface area contributed by atoms with Crippen LogP contribution in [-0.2, 0) is 4.74 Å². The van der Waals surface area contributed by atoms with Gasteiger partial charge in [-0.15, -0.1) is 0 Å². The molecule has 1 unspecified atom stereocenters. The average molecular weight is 347 g/mol. The van der Waals surface area contributed by atoms with Gasteiger partial charge in [0.1, 0.15) is 16.9 Å². The fourth-order valence-corrected chi connectivity index (χ4v) is 2.35. The Hall–Kier alpha value is -1.05. The maximum atomic E-state index is 13.9. The molecule has 19 heavy (non-hydrogen) atoms. The maximum absolute atomic E-state index is 13.9. The Kier molecular flexibility index (Phi) is 4.49. The third-order valence-corrected chi connectivity index (χ3v) is 3.73. The van der Waals surface area contributed by atoms with Crippen molar-refractivity contribution in [3.63, 3.8) is 0 Å². The van der Waals surface area contributed by atoms with Crippen LogP contribution in [0.3, 0.4) is 0 Å². The number of hydrogen-bond donors (Lipinski definition) is 1. The summed E-state index contributed by atoms with van der Waals surface area (Å²) in [5.74, 6) is -0.950. The molecule has 1 amide bonds. The van der Waals surface area contributed by atoms with Crippen molar-refractivity contribution in [3.8, 4) is 0 Å². The molecule has 1 saturated heterocycles. The number of halogens is 2. The van der Waals surface area contributed by atoms with Gasteiger partial charge in [0.25, 0.3) is 5.91 Å². The highest BCUT2D eigenvalue weighted by atomic mass is 79.9. The number of carbonyl (C=O) groups excluding carboxylic acids is 1. The smallest absolute Gasteiger partial charge is 0.257 e. The molecular formula is C12H12BrFN2O2S. The number of ether oxygens (including phenoxy) is 1. The number of hydrogen-bond acceptors (Lipinski definition) is 3. The third kappa shape index (κ3) is 3.10. The molecule has 1 atom stereocenters. The van der Waals surface area contributed by atoms with E-state index < -0.39 is 11.9 Å². The van der Waals surface area contributed by atoms with Crippen LogP contribution in [0.25, 0.3) is 0 Å². The van der Waals surface area contributed by atoms with Crippen molar-refractivity contribution in [2.75, 3.05) is 19.7 Å². The van der Waals surface area contributed by atoms with Crippen LogP contribution in [0.4, 0.5) is 4.39 Å². The maximum Gasteiger partial charge on any atom is 0.257 e. The number of nitrogens with zero attached hydrogens (tertiary/aromatic N) is 1. The SMILES string of the molecule is NC(=S)C1CN(C(=O)c2cccc(Br)c2F)CCO1. The normalized spacial score (nSPS) is 19.3. The highest BCUT2D eigenvalue weighted by Gasteiger charge is 2.28. The first-order valence-corrected chi connectivity index (χ1v) is 6.85. The van der Waals surface area contributed by atoms with E-state index in [2.05, 4.69) is 15.9 Å². The van der Waals surface area contributed by atoms with Gasteiger partial charge in [-0.2, -0.15) is 0 Å². The van der Waals surface area contributed by atoms with E-state index in [9.17, 15) is 9.18 Å². The first-order valence-electron chi connectivity index (χ1n) is 5.65. The van der Waals surface area contributed by atoms with E-state index in [-0.39, 0.29) is 27.5 Å². The zero-order valence-corrected chi connectivity index (χ0v) is 12.3. The van der Waals surface area contributed by atoms with Gasteiger partial charge in [-0.25, -0.2) is 4.39 Å². The van der Waals surface area contributed by atoms with Crippen molar-refractivity contribution >= 4 is 39.0 Å². The van der Waals surface area contributed by atoms with Crippen molar-refractivity contribution in [1.29, 1.82) is 0 Å². The van der Waals surface area contributed by atoms with Gasteiger partial charge in [-0.3, -0.25) is 4.79 Å². The molecule has 0 saturated carbocycles. The van der Waals surface area contributed by atoms with Crippen molar-refractivity contribution in [3.05, 3.63) is 34.1 Å². The van der Waals surface area contributed by atoms with E-state index in [1.54, 1.807) is 12.1 Å². The van der Waals surface area contributed by atoms with E-state index in [0.717, 1.165) is 0 Å². The first kappa shape index (κ1) is 14.4. The number of benzene rings is 1. The molecule has 0 spiro atoms. The second-order valence-corrected chi connectivity index (χ2v) is 5.44. The average Bonchev–Trinajstić information content (AvgIpc) is 2.41. The summed E-state index contributed by atoms with van der Waals surface area (Å²) < 4.78 is 19.5. The lowest BCUT2D eigenvalue weighted by molar-refractivity contribution is 0.00855. The molecule has 0 radical (unpaired) electrons. The van der Waals surface area contributed by atoms with E-state index in [4.69, 9.17) is 22.7 Å². The highest BCUT2D eigenvalue weighted by molar-refractivity contribution is 9.10. The molecule has 1 aromatic carbocycles. The summed E-state index contributed by atoms with van der Waals surface area (Å²) in [6, 6.07) is 4.61. The highest BCUT2D eigenvalue weighted by Crippen LogP contribution is 2.20. The van der Waals surface area contributed by atoms with Gasteiger partial charge in [0.05, 0.1) is 23.2 Å². The van der Waals surface area contributed by atoms with Gasteiger partial charge >= 0.3 is 0 Å². The van der Waals surface area contributed by atoms with Crippen LogP contribution in [0.15, 0.2) is 22.7 Å². The Balaban J connectivity index is 2.19. The van der Waals surface area contributed by atoms with E-state index in [0.29, 0.717) is 13.2 Å². The molecule has 1 heterocycles. The van der Waals surface area contributed by atoms with Crippen molar-refractivity contribution in [2.24, 2.45) is 5.73 Å². The zero-order valence-electron chi connectivity index (χ0n) is 9.94. The molecule has 1 fully saturated rings. The quantitative estimate of drug-likeness (QED) is 0.828. The van der Waals surface area contributed by atoms with E-state index in [1.807, 2.05) is 0 Å². The number of morpholine rings is 1. The minimum absolute atomic E-state index is 0.0259. The van der Waals surface area contributed by atoms with Crippen molar-refractivity contribution in [1.82, 2.24) is 4.90 Å². The minimum atomic E-state index is -0.564. The summed E-state index contributed by atoms with van der Waals surface area (Å²) in [4.78, 5) is 14.0. The molecule has 1 aromatic rings. The summed E-state index contributed by atoms with van der Waals surface area (Å²) in [7, 11) is 0. The Morgan fingerprint density at radius 2 is 2.32 bits per heavy atom. The van der Waals surface area contributed by atoms with Crippen LogP contribution in [0.1, 0.15) is 10.4 Å². The first-order chi connectivity index (χ1) is 9.00. The van der Waals surface area contributed by atoms with Gasteiger partial charge in [-0.1, -0.05) is 18.3 Å². The lowest BCUT2D eigenvalue weighted by atomic mass is 10.1. The largest absolute Gasteiger partial charge is 0.391 e. The van der Waals surface area contributed by atoms with Crippen molar-refractivity contribution in [2.45, 2.75) is 6.10 Å². The summed E-state index contributed by atoms with van der Waals surface area (Å²) in [5, 5.41) is 0. The second-order valence-electron chi connectivity index (χ2n) is 4.11. The third-order valence-electron chi connectivity index (χ3n) is 2.85. The molecule has 0 aromatic heterocycles. The van der Waals surface area contributed by atoms with Crippen LogP contribution in [-0.4, -0.2) is 41.6 Å². The fourth-order valence-electron chi connectivity index (χ4n) is 1.85. The lowest BCUT2D eigenvalue weighted by Crippen LogP contribution is -2.50. The monoisotopic (exact) mass is 346 g/mol. The predicted molar refractivity (Wildman–Crippen MR) is 76.5 cm³/mol. The molecule has 0 aliphatic carbocycles. The number of rotatable bonds is 2. The van der Waals surface area contributed by atoms with Crippen LogP contribution in [0.5, 0.6) is 0 Å².